The Bertz CT molecular complexity index is 1120. The molecule has 29 heavy (non-hydrogen) atoms. The van der Waals surface area contributed by atoms with Crippen molar-refractivity contribution in [2.45, 2.75) is 25.4 Å². The Morgan fingerprint density at radius 1 is 1.17 bits per heavy atom. The van der Waals surface area contributed by atoms with Gasteiger partial charge >= 0.3 is 0 Å². The number of aromatic nitrogens is 2. The van der Waals surface area contributed by atoms with E-state index < -0.39 is 12.0 Å². The van der Waals surface area contributed by atoms with Crippen molar-refractivity contribution in [3.8, 4) is 11.5 Å². The summed E-state index contributed by atoms with van der Waals surface area (Å²) in [6.07, 6.45) is 1.23. The molecule has 144 valence electrons. The molecule has 0 radical (unpaired) electrons. The second kappa shape index (κ2) is 8.70. The van der Waals surface area contributed by atoms with Crippen molar-refractivity contribution in [1.82, 2.24) is 10.2 Å². The monoisotopic (exact) mass is 404 g/mol. The Hall–Kier alpha value is -3.45. The highest BCUT2D eigenvalue weighted by molar-refractivity contribution is 6.34. The van der Waals surface area contributed by atoms with Crippen molar-refractivity contribution in [2.24, 2.45) is 0 Å². The summed E-state index contributed by atoms with van der Waals surface area (Å²) in [6, 6.07) is 10.3. The van der Waals surface area contributed by atoms with E-state index in [9.17, 15) is 5.11 Å². The number of hydrogen-bond acceptors (Lipinski definition) is 4. The van der Waals surface area contributed by atoms with Crippen LogP contribution in [0.3, 0.4) is 0 Å². The molecule has 3 aromatic rings. The lowest BCUT2D eigenvalue weighted by Gasteiger charge is -2.18. The Labute approximate surface area is 173 Å². The molecule has 0 aliphatic rings. The Balaban J connectivity index is 1.93. The summed E-state index contributed by atoms with van der Waals surface area (Å²) >= 11 is 6.31. The summed E-state index contributed by atoms with van der Waals surface area (Å²) in [4.78, 5) is 6.76. The zero-order chi connectivity index (χ0) is 21.0. The van der Waals surface area contributed by atoms with Gasteiger partial charge in [-0.3, -0.25) is 0 Å². The minimum Gasteiger partial charge on any atom is -0.420 e. The fourth-order valence-corrected chi connectivity index (χ4v) is 3.29. The van der Waals surface area contributed by atoms with Gasteiger partial charge in [0.25, 0.3) is 0 Å². The molecule has 6 nitrogen and oxygen atoms in total. The summed E-state index contributed by atoms with van der Waals surface area (Å²) in [5, 5.41) is 18.9. The van der Waals surface area contributed by atoms with Gasteiger partial charge in [-0.25, -0.2) is 9.69 Å². The summed E-state index contributed by atoms with van der Waals surface area (Å²) in [5.74, 6) is 0.143. The minimum atomic E-state index is -0.759. The van der Waals surface area contributed by atoms with Crippen molar-refractivity contribution < 1.29 is 9.52 Å². The predicted octanol–water partition coefficient (Wildman–Crippen LogP) is 5.84. The van der Waals surface area contributed by atoms with Crippen molar-refractivity contribution in [3.05, 3.63) is 87.9 Å². The van der Waals surface area contributed by atoms with Gasteiger partial charge in [-0.05, 0) is 24.5 Å². The van der Waals surface area contributed by atoms with E-state index in [2.05, 4.69) is 26.5 Å². The zero-order valence-electron chi connectivity index (χ0n) is 15.6. The molecule has 0 bridgehead atoms. The molecule has 1 N–H and O–H groups in total. The summed E-state index contributed by atoms with van der Waals surface area (Å²) in [6.45, 7) is 19.7. The quantitative estimate of drug-likeness (QED) is 0.524. The molecule has 3 rings (SSSR count). The molecular weight excluding hydrogens is 388 g/mol. The summed E-state index contributed by atoms with van der Waals surface area (Å²) in [5.41, 5.74) is 3.04. The number of aliphatic hydroxyl groups is 1. The number of benzene rings is 2. The highest BCUT2D eigenvalue weighted by atomic mass is 35.5. The smallest absolute Gasteiger partial charge is 0.247 e. The first-order chi connectivity index (χ1) is 14.0. The average Bonchev–Trinajstić information content (AvgIpc) is 3.21. The van der Waals surface area contributed by atoms with E-state index >= 15 is 0 Å². The fraction of sp³-hybridized carbons (Fsp3) is 0.182. The van der Waals surface area contributed by atoms with Crippen molar-refractivity contribution >= 4 is 29.1 Å². The second-order valence-corrected chi connectivity index (χ2v) is 6.82. The molecule has 0 saturated heterocycles. The van der Waals surface area contributed by atoms with E-state index in [0.29, 0.717) is 45.7 Å². The van der Waals surface area contributed by atoms with Gasteiger partial charge in [0.15, 0.2) is 5.69 Å². The molecule has 0 aliphatic carbocycles. The molecule has 0 amide bonds. The normalized spacial score (nSPS) is 12.6. The Morgan fingerprint density at radius 2 is 1.90 bits per heavy atom. The molecule has 2 aromatic carbocycles. The van der Waals surface area contributed by atoms with E-state index in [1.807, 2.05) is 0 Å². The topological polar surface area (TPSA) is 67.9 Å². The van der Waals surface area contributed by atoms with Gasteiger partial charge in [0.05, 0.1) is 30.2 Å². The third-order valence-corrected chi connectivity index (χ3v) is 4.99. The first-order valence-corrected chi connectivity index (χ1v) is 9.17. The molecule has 2 atom stereocenters. The lowest BCUT2D eigenvalue weighted by Crippen LogP contribution is -2.18. The number of aliphatic hydroxyl groups excluding tert-OH is 1. The van der Waals surface area contributed by atoms with Crippen molar-refractivity contribution in [1.29, 1.82) is 0 Å². The number of rotatable bonds is 6. The number of hydrogen-bond donors (Lipinski definition) is 1. The molecule has 0 fully saturated rings. The number of halogens is 1. The van der Waals surface area contributed by atoms with Gasteiger partial charge in [-0.2, -0.15) is 0 Å². The van der Waals surface area contributed by atoms with Gasteiger partial charge in [-0.15, -0.1) is 10.2 Å². The van der Waals surface area contributed by atoms with Crippen LogP contribution in [0.15, 0.2) is 47.4 Å². The minimum absolute atomic E-state index is 0.296. The molecular formula is C22H17ClN4O2. The van der Waals surface area contributed by atoms with Crippen LogP contribution in [0.5, 0.6) is 0 Å². The van der Waals surface area contributed by atoms with E-state index in [4.69, 9.17) is 29.2 Å². The Morgan fingerprint density at radius 3 is 2.48 bits per heavy atom. The van der Waals surface area contributed by atoms with Gasteiger partial charge in [0.1, 0.15) is 0 Å². The van der Waals surface area contributed by atoms with Gasteiger partial charge in [0, 0.05) is 5.56 Å². The van der Waals surface area contributed by atoms with Crippen LogP contribution in [-0.2, 0) is 6.42 Å². The molecule has 0 unspecified atom stereocenters. The maximum atomic E-state index is 10.3. The maximum Gasteiger partial charge on any atom is 0.247 e. The fourth-order valence-electron chi connectivity index (χ4n) is 2.99. The summed E-state index contributed by atoms with van der Waals surface area (Å²) in [7, 11) is 0. The molecule has 0 aliphatic heterocycles. The zero-order valence-corrected chi connectivity index (χ0v) is 16.4. The highest BCUT2D eigenvalue weighted by Gasteiger charge is 2.26. The lowest BCUT2D eigenvalue weighted by atomic mass is 9.91. The van der Waals surface area contributed by atoms with Crippen LogP contribution in [0.25, 0.3) is 27.2 Å². The molecule has 1 heterocycles. The summed E-state index contributed by atoms with van der Waals surface area (Å²) < 4.78 is 5.82. The molecule has 7 heteroatoms. The van der Waals surface area contributed by atoms with Crippen molar-refractivity contribution in [3.63, 3.8) is 0 Å². The number of nitrogens with zero attached hydrogens (tertiary/aromatic N) is 4. The van der Waals surface area contributed by atoms with Crippen LogP contribution in [0, 0.1) is 13.1 Å². The van der Waals surface area contributed by atoms with Gasteiger partial charge < -0.3 is 9.52 Å². The van der Waals surface area contributed by atoms with Crippen LogP contribution in [0.2, 0.25) is 5.02 Å². The lowest BCUT2D eigenvalue weighted by molar-refractivity contribution is 0.148. The highest BCUT2D eigenvalue weighted by Crippen LogP contribution is 2.35. The average molecular weight is 405 g/mol. The van der Waals surface area contributed by atoms with Crippen LogP contribution in [-0.4, -0.2) is 21.4 Å². The molecule has 0 spiro atoms. The van der Waals surface area contributed by atoms with Crippen LogP contribution in [0.4, 0.5) is 11.4 Å². The second-order valence-electron chi connectivity index (χ2n) is 6.44. The van der Waals surface area contributed by atoms with Crippen LogP contribution < -0.4 is 0 Å². The van der Waals surface area contributed by atoms with Crippen LogP contribution in [0.1, 0.15) is 29.9 Å². The molecule has 0 saturated carbocycles. The first kappa shape index (κ1) is 20.3. The van der Waals surface area contributed by atoms with Crippen molar-refractivity contribution in [2.75, 3.05) is 0 Å². The predicted molar refractivity (Wildman–Crippen MR) is 112 cm³/mol. The van der Waals surface area contributed by atoms with Gasteiger partial charge in [0.2, 0.25) is 17.5 Å². The first-order valence-electron chi connectivity index (χ1n) is 8.79. The molecule has 1 aromatic heterocycles. The van der Waals surface area contributed by atoms with Gasteiger partial charge in [-0.1, -0.05) is 60.7 Å². The SMILES string of the molecule is [C-]#[N+]c1ccc(-c2nnc([C@H](Cc3ccc([N+]#[C-])c(Cl)c3C=C)[C@H](C)O)o2)cc1. The third kappa shape index (κ3) is 4.20. The third-order valence-electron chi connectivity index (χ3n) is 4.60. The van der Waals surface area contributed by atoms with Crippen LogP contribution >= 0.6 is 11.6 Å². The van der Waals surface area contributed by atoms with E-state index in [1.165, 1.54) is 0 Å². The Kier molecular flexibility index (Phi) is 6.09. The standard InChI is InChI=1S/C22H17ClN4O2/c1-5-17-15(8-11-19(25-4)20(17)23)12-18(13(2)28)22-27-26-21(29-22)14-6-9-16(24-3)10-7-14/h5-11,13,18,28H,1,12H2,2H3/t13-,18+/m0/s1. The van der Waals surface area contributed by atoms with E-state index in [1.54, 1.807) is 49.4 Å². The van der Waals surface area contributed by atoms with E-state index in [-0.39, 0.29) is 0 Å². The van der Waals surface area contributed by atoms with E-state index in [0.717, 1.165) is 5.56 Å². The largest absolute Gasteiger partial charge is 0.420 e. The maximum absolute atomic E-state index is 10.3.